The molecule has 0 aromatic rings. The van der Waals surface area contributed by atoms with Crippen LogP contribution in [-0.4, -0.2) is 54.1 Å². The number of carboxylic acids is 1. The third-order valence-electron chi connectivity index (χ3n) is 2.15. The number of nitrogens with one attached hydrogen (secondary N) is 2. The van der Waals surface area contributed by atoms with Crippen molar-refractivity contribution in [3.8, 4) is 0 Å². The lowest BCUT2D eigenvalue weighted by Gasteiger charge is -2.20. The highest BCUT2D eigenvalue weighted by Gasteiger charge is 2.16. The van der Waals surface area contributed by atoms with Crippen molar-refractivity contribution in [1.29, 1.82) is 0 Å². The summed E-state index contributed by atoms with van der Waals surface area (Å²) < 4.78 is 0. The molecule has 0 aromatic carbocycles. The molecule has 0 heterocycles. The minimum absolute atomic E-state index is 0.0500. The molecule has 104 valence electrons. The van der Waals surface area contributed by atoms with Crippen LogP contribution in [0.25, 0.3) is 0 Å². The fraction of sp³-hybridized carbons (Fsp3) is 0.727. The van der Waals surface area contributed by atoms with E-state index in [1.807, 2.05) is 6.92 Å². The van der Waals surface area contributed by atoms with Crippen LogP contribution < -0.4 is 10.6 Å². The predicted molar refractivity (Wildman–Crippen MR) is 66.2 cm³/mol. The van der Waals surface area contributed by atoms with E-state index >= 15 is 0 Å². The van der Waals surface area contributed by atoms with Crippen LogP contribution in [0.15, 0.2) is 0 Å². The molecule has 1 atom stereocenters. The van der Waals surface area contributed by atoms with Gasteiger partial charge < -0.3 is 20.6 Å². The summed E-state index contributed by atoms with van der Waals surface area (Å²) in [7, 11) is 1.48. The average molecular weight is 259 g/mol. The van der Waals surface area contributed by atoms with Crippen LogP contribution in [0.1, 0.15) is 26.7 Å². The molecule has 0 fully saturated rings. The zero-order valence-electron chi connectivity index (χ0n) is 11.0. The Kier molecular flexibility index (Phi) is 7.50. The molecule has 0 spiro atoms. The smallest absolute Gasteiger partial charge is 0.317 e. The third kappa shape index (κ3) is 7.48. The molecule has 1 unspecified atom stereocenters. The lowest BCUT2D eigenvalue weighted by atomic mass is 10.2. The van der Waals surface area contributed by atoms with Gasteiger partial charge in [0.05, 0.1) is 6.42 Å². The van der Waals surface area contributed by atoms with Crippen molar-refractivity contribution in [3.63, 3.8) is 0 Å². The zero-order valence-corrected chi connectivity index (χ0v) is 11.0. The maximum absolute atomic E-state index is 11.6. The number of hydrogen-bond acceptors (Lipinski definition) is 3. The highest BCUT2D eigenvalue weighted by molar-refractivity contribution is 5.84. The average Bonchev–Trinajstić information content (AvgIpc) is 2.24. The van der Waals surface area contributed by atoms with Crippen LogP contribution in [0.3, 0.4) is 0 Å². The van der Waals surface area contributed by atoms with Crippen molar-refractivity contribution >= 4 is 17.9 Å². The van der Waals surface area contributed by atoms with Gasteiger partial charge in [-0.3, -0.25) is 9.59 Å². The third-order valence-corrected chi connectivity index (χ3v) is 2.15. The fourth-order valence-electron chi connectivity index (χ4n) is 1.24. The lowest BCUT2D eigenvalue weighted by Crippen LogP contribution is -2.46. The fourth-order valence-corrected chi connectivity index (χ4v) is 1.24. The molecule has 3 N–H and O–H groups in total. The van der Waals surface area contributed by atoms with Crippen molar-refractivity contribution in [2.24, 2.45) is 0 Å². The molecular weight excluding hydrogens is 238 g/mol. The first kappa shape index (κ1) is 16.2. The monoisotopic (exact) mass is 259 g/mol. The summed E-state index contributed by atoms with van der Waals surface area (Å²) in [5, 5.41) is 13.7. The summed E-state index contributed by atoms with van der Waals surface area (Å²) in [5.74, 6) is -1.22. The molecule has 0 bridgehead atoms. The minimum Gasteiger partial charge on any atom is -0.481 e. The van der Waals surface area contributed by atoms with Crippen molar-refractivity contribution < 1.29 is 19.5 Å². The summed E-state index contributed by atoms with van der Waals surface area (Å²) in [6.45, 7) is 4.05. The molecule has 0 aromatic heterocycles. The van der Waals surface area contributed by atoms with E-state index in [9.17, 15) is 14.4 Å². The Balaban J connectivity index is 4.02. The number of urea groups is 1. The van der Waals surface area contributed by atoms with Crippen LogP contribution in [0.4, 0.5) is 4.79 Å². The molecule has 0 aliphatic rings. The highest BCUT2D eigenvalue weighted by Crippen LogP contribution is 1.93. The number of carboxylic acid groups (broad SMARTS) is 1. The van der Waals surface area contributed by atoms with Crippen LogP contribution in [0, 0.1) is 0 Å². The Morgan fingerprint density at radius 2 is 1.94 bits per heavy atom. The van der Waals surface area contributed by atoms with Gasteiger partial charge in [0.2, 0.25) is 5.91 Å². The standard InChI is InChI=1S/C11H21N3O4/c1-4-5-12-9(15)7-14(3)11(18)13-8(2)6-10(16)17/h8H,4-7H2,1-3H3,(H,12,15)(H,13,18)(H,16,17). The Labute approximate surface area is 107 Å². The first-order valence-corrected chi connectivity index (χ1v) is 5.87. The summed E-state index contributed by atoms with van der Waals surface area (Å²) in [6, 6.07) is -0.938. The Hall–Kier alpha value is -1.79. The molecule has 0 aliphatic heterocycles. The van der Waals surface area contributed by atoms with E-state index < -0.39 is 18.0 Å². The van der Waals surface area contributed by atoms with E-state index in [0.29, 0.717) is 6.54 Å². The van der Waals surface area contributed by atoms with Crippen molar-refractivity contribution in [2.45, 2.75) is 32.7 Å². The molecule has 0 rings (SSSR count). The van der Waals surface area contributed by atoms with Gasteiger partial charge in [-0.25, -0.2) is 4.79 Å². The SMILES string of the molecule is CCCNC(=O)CN(C)C(=O)NC(C)CC(=O)O. The summed E-state index contributed by atoms with van der Waals surface area (Å²) in [5.41, 5.74) is 0. The van der Waals surface area contributed by atoms with Crippen LogP contribution >= 0.6 is 0 Å². The molecule has 18 heavy (non-hydrogen) atoms. The molecular formula is C11H21N3O4. The maximum atomic E-state index is 11.6. The Morgan fingerprint density at radius 3 is 2.44 bits per heavy atom. The van der Waals surface area contributed by atoms with Crippen LogP contribution in [0.5, 0.6) is 0 Å². The normalized spacial score (nSPS) is 11.5. The number of amides is 3. The quantitative estimate of drug-likeness (QED) is 0.600. The number of likely N-dealkylation sites (N-methyl/N-ethyl adjacent to an activating group) is 1. The van der Waals surface area contributed by atoms with Gasteiger partial charge >= 0.3 is 12.0 Å². The maximum Gasteiger partial charge on any atom is 0.317 e. The number of carbonyl (C=O) groups excluding carboxylic acids is 2. The molecule has 0 saturated heterocycles. The predicted octanol–water partition coefficient (Wildman–Crippen LogP) is 0.0172. The first-order valence-electron chi connectivity index (χ1n) is 5.87. The Bertz CT molecular complexity index is 307. The van der Waals surface area contributed by atoms with Gasteiger partial charge in [-0.15, -0.1) is 0 Å². The van der Waals surface area contributed by atoms with Gasteiger partial charge in [0.1, 0.15) is 6.54 Å². The second-order valence-corrected chi connectivity index (χ2v) is 4.15. The van der Waals surface area contributed by atoms with Crippen molar-refractivity contribution in [1.82, 2.24) is 15.5 Å². The highest BCUT2D eigenvalue weighted by atomic mass is 16.4. The molecule has 0 radical (unpaired) electrons. The second-order valence-electron chi connectivity index (χ2n) is 4.15. The van der Waals surface area contributed by atoms with E-state index in [1.165, 1.54) is 11.9 Å². The van der Waals surface area contributed by atoms with Gasteiger partial charge in [-0.05, 0) is 13.3 Å². The summed E-state index contributed by atoms with van der Waals surface area (Å²) in [4.78, 5) is 34.6. The number of nitrogens with zero attached hydrogens (tertiary/aromatic N) is 1. The van der Waals surface area contributed by atoms with Gasteiger partial charge in [-0.2, -0.15) is 0 Å². The molecule has 7 nitrogen and oxygen atoms in total. The molecule has 0 aliphatic carbocycles. The topological polar surface area (TPSA) is 98.7 Å². The van der Waals surface area contributed by atoms with E-state index in [1.54, 1.807) is 6.92 Å². The molecule has 0 saturated carbocycles. The van der Waals surface area contributed by atoms with Gasteiger partial charge in [0.15, 0.2) is 0 Å². The van der Waals surface area contributed by atoms with Crippen molar-refractivity contribution in [3.05, 3.63) is 0 Å². The number of aliphatic carboxylic acids is 1. The lowest BCUT2D eigenvalue weighted by molar-refractivity contribution is -0.137. The minimum atomic E-state index is -0.980. The van der Waals surface area contributed by atoms with Gasteiger partial charge in [0, 0.05) is 19.6 Å². The number of hydrogen-bond donors (Lipinski definition) is 3. The summed E-state index contributed by atoms with van der Waals surface area (Å²) in [6.07, 6.45) is 0.679. The zero-order chi connectivity index (χ0) is 14.1. The largest absolute Gasteiger partial charge is 0.481 e. The van der Waals surface area contributed by atoms with E-state index in [4.69, 9.17) is 5.11 Å². The number of rotatable bonds is 7. The van der Waals surface area contributed by atoms with Gasteiger partial charge in [-0.1, -0.05) is 6.92 Å². The Morgan fingerprint density at radius 1 is 1.33 bits per heavy atom. The molecule has 3 amide bonds. The molecule has 7 heteroatoms. The second kappa shape index (κ2) is 8.32. The van der Waals surface area contributed by atoms with E-state index in [-0.39, 0.29) is 18.9 Å². The van der Waals surface area contributed by atoms with Gasteiger partial charge in [0.25, 0.3) is 0 Å². The first-order chi connectivity index (χ1) is 8.36. The van der Waals surface area contributed by atoms with Crippen LogP contribution in [-0.2, 0) is 9.59 Å². The van der Waals surface area contributed by atoms with E-state index in [0.717, 1.165) is 6.42 Å². The number of carbonyl (C=O) groups is 3. The van der Waals surface area contributed by atoms with E-state index in [2.05, 4.69) is 10.6 Å². The van der Waals surface area contributed by atoms with Crippen LogP contribution in [0.2, 0.25) is 0 Å². The van der Waals surface area contributed by atoms with Crippen molar-refractivity contribution in [2.75, 3.05) is 20.1 Å². The summed E-state index contributed by atoms with van der Waals surface area (Å²) >= 11 is 0.